The molecule has 1 aromatic rings. The molecule has 1 atom stereocenters. The summed E-state index contributed by atoms with van der Waals surface area (Å²) in [4.78, 5) is 11.9. The molecule has 0 bridgehead atoms. The second kappa shape index (κ2) is 5.29. The third-order valence-electron chi connectivity index (χ3n) is 3.14. The zero-order chi connectivity index (χ0) is 12.3. The van der Waals surface area contributed by atoms with E-state index in [1.165, 1.54) is 0 Å². The normalized spacial score (nSPS) is 21.2. The average Bonchev–Trinajstić information content (AvgIpc) is 2.67. The fourth-order valence-electron chi connectivity index (χ4n) is 2.39. The number of carbonyl (C=O) groups is 1. The number of amides is 1. The van der Waals surface area contributed by atoms with E-state index in [4.69, 9.17) is 5.11 Å². The smallest absolute Gasteiger partial charge is 0.238 e. The molecule has 92 valence electrons. The van der Waals surface area contributed by atoms with Gasteiger partial charge in [-0.1, -0.05) is 30.3 Å². The lowest BCUT2D eigenvalue weighted by Crippen LogP contribution is -2.41. The summed E-state index contributed by atoms with van der Waals surface area (Å²) in [5.41, 5.74) is 1.13. The van der Waals surface area contributed by atoms with Crippen LogP contribution in [0.4, 0.5) is 0 Å². The molecule has 1 aromatic carbocycles. The number of hydrazine groups is 1. The molecule has 2 rings (SSSR count). The monoisotopic (exact) mass is 234 g/mol. The molecule has 0 spiro atoms. The summed E-state index contributed by atoms with van der Waals surface area (Å²) in [6.45, 7) is 3.17. The molecule has 0 aromatic heterocycles. The van der Waals surface area contributed by atoms with Crippen molar-refractivity contribution in [3.05, 3.63) is 35.9 Å². The summed E-state index contributed by atoms with van der Waals surface area (Å²) in [6.07, 6.45) is 0.498. The molecular formula is C13H18N2O2. The highest BCUT2D eigenvalue weighted by molar-refractivity contribution is 5.78. The van der Waals surface area contributed by atoms with Crippen molar-refractivity contribution in [1.29, 1.82) is 0 Å². The van der Waals surface area contributed by atoms with E-state index in [0.717, 1.165) is 5.56 Å². The number of hydrogen-bond acceptors (Lipinski definition) is 3. The SMILES string of the molecule is CCN1C(=O)CC(c2ccccc2)N1CCO. The maximum atomic E-state index is 11.9. The van der Waals surface area contributed by atoms with Crippen LogP contribution in [0.1, 0.15) is 24.9 Å². The van der Waals surface area contributed by atoms with Crippen LogP contribution in [0.25, 0.3) is 0 Å². The Morgan fingerprint density at radius 2 is 2.06 bits per heavy atom. The Hall–Kier alpha value is -1.39. The molecule has 0 saturated carbocycles. The number of rotatable bonds is 4. The number of benzene rings is 1. The van der Waals surface area contributed by atoms with Crippen molar-refractivity contribution in [3.63, 3.8) is 0 Å². The van der Waals surface area contributed by atoms with Gasteiger partial charge in [0.1, 0.15) is 0 Å². The summed E-state index contributed by atoms with van der Waals surface area (Å²) in [5, 5.41) is 12.8. The lowest BCUT2D eigenvalue weighted by Gasteiger charge is -2.30. The third-order valence-corrected chi connectivity index (χ3v) is 3.14. The van der Waals surface area contributed by atoms with Crippen LogP contribution in [0.3, 0.4) is 0 Å². The lowest BCUT2D eigenvalue weighted by molar-refractivity contribution is -0.139. The molecule has 1 heterocycles. The first-order valence-corrected chi connectivity index (χ1v) is 6.00. The first-order chi connectivity index (χ1) is 8.27. The van der Waals surface area contributed by atoms with Crippen LogP contribution >= 0.6 is 0 Å². The van der Waals surface area contributed by atoms with Gasteiger partial charge in [0.05, 0.1) is 12.6 Å². The van der Waals surface area contributed by atoms with Crippen LogP contribution in [-0.2, 0) is 4.79 Å². The molecule has 4 nitrogen and oxygen atoms in total. The Labute approximate surface area is 101 Å². The Morgan fingerprint density at radius 1 is 1.35 bits per heavy atom. The second-order valence-electron chi connectivity index (χ2n) is 4.13. The molecule has 1 fully saturated rings. The van der Waals surface area contributed by atoms with Crippen molar-refractivity contribution >= 4 is 5.91 Å². The standard InChI is InChI=1S/C13H18N2O2/c1-2-14-13(17)10-12(15(14)8-9-16)11-6-4-3-5-7-11/h3-7,12,16H,2,8-10H2,1H3. The zero-order valence-electron chi connectivity index (χ0n) is 10.0. The van der Waals surface area contributed by atoms with E-state index in [0.29, 0.717) is 19.5 Å². The van der Waals surface area contributed by atoms with Gasteiger partial charge in [-0.05, 0) is 12.5 Å². The van der Waals surface area contributed by atoms with Crippen LogP contribution in [0.5, 0.6) is 0 Å². The van der Waals surface area contributed by atoms with Crippen molar-refractivity contribution in [2.75, 3.05) is 19.7 Å². The van der Waals surface area contributed by atoms with Crippen LogP contribution in [0.2, 0.25) is 0 Å². The number of carbonyl (C=O) groups excluding carboxylic acids is 1. The minimum absolute atomic E-state index is 0.0626. The van der Waals surface area contributed by atoms with Crippen LogP contribution in [-0.4, -0.2) is 40.7 Å². The molecule has 17 heavy (non-hydrogen) atoms. The van der Waals surface area contributed by atoms with E-state index in [-0.39, 0.29) is 18.6 Å². The maximum Gasteiger partial charge on any atom is 0.238 e. The predicted molar refractivity (Wildman–Crippen MR) is 65.0 cm³/mol. The zero-order valence-corrected chi connectivity index (χ0v) is 10.0. The Morgan fingerprint density at radius 3 is 2.65 bits per heavy atom. The number of aliphatic hydroxyl groups excluding tert-OH is 1. The van der Waals surface area contributed by atoms with Gasteiger partial charge in [-0.25, -0.2) is 5.01 Å². The number of nitrogens with zero attached hydrogens (tertiary/aromatic N) is 2. The van der Waals surface area contributed by atoms with Gasteiger partial charge in [-0.3, -0.25) is 9.80 Å². The Balaban J connectivity index is 2.24. The van der Waals surface area contributed by atoms with E-state index in [1.807, 2.05) is 42.3 Å². The molecule has 4 heteroatoms. The van der Waals surface area contributed by atoms with Gasteiger partial charge in [-0.15, -0.1) is 0 Å². The highest BCUT2D eigenvalue weighted by Crippen LogP contribution is 2.32. The highest BCUT2D eigenvalue weighted by Gasteiger charge is 2.36. The fraction of sp³-hybridized carbons (Fsp3) is 0.462. The molecule has 1 saturated heterocycles. The van der Waals surface area contributed by atoms with Crippen molar-refractivity contribution in [2.45, 2.75) is 19.4 Å². The fourth-order valence-corrected chi connectivity index (χ4v) is 2.39. The molecule has 0 aliphatic carbocycles. The first kappa shape index (κ1) is 12.1. The Kier molecular flexibility index (Phi) is 3.76. The van der Waals surface area contributed by atoms with Crippen molar-refractivity contribution in [3.8, 4) is 0 Å². The lowest BCUT2D eigenvalue weighted by atomic mass is 10.0. The molecule has 1 unspecified atom stereocenters. The van der Waals surface area contributed by atoms with Crippen molar-refractivity contribution in [2.24, 2.45) is 0 Å². The second-order valence-corrected chi connectivity index (χ2v) is 4.13. The number of β-amino-alcohol motifs (C(OH)–C–C–N with tert-alkyl or cyclic N) is 1. The average molecular weight is 234 g/mol. The van der Waals surface area contributed by atoms with E-state index in [9.17, 15) is 4.79 Å². The third kappa shape index (κ3) is 2.33. The van der Waals surface area contributed by atoms with Gasteiger partial charge in [0.25, 0.3) is 0 Å². The van der Waals surface area contributed by atoms with Crippen LogP contribution < -0.4 is 0 Å². The van der Waals surface area contributed by atoms with Crippen LogP contribution in [0, 0.1) is 0 Å². The first-order valence-electron chi connectivity index (χ1n) is 6.00. The summed E-state index contributed by atoms with van der Waals surface area (Å²) < 4.78 is 0. The molecule has 1 aliphatic heterocycles. The summed E-state index contributed by atoms with van der Waals surface area (Å²) in [5.74, 6) is 0.134. The van der Waals surface area contributed by atoms with Crippen molar-refractivity contribution < 1.29 is 9.90 Å². The van der Waals surface area contributed by atoms with Gasteiger partial charge in [0.15, 0.2) is 0 Å². The number of hydrogen-bond donors (Lipinski definition) is 1. The van der Waals surface area contributed by atoms with Gasteiger partial charge in [0.2, 0.25) is 5.91 Å². The predicted octanol–water partition coefficient (Wildman–Crippen LogP) is 1.19. The van der Waals surface area contributed by atoms with Gasteiger partial charge >= 0.3 is 0 Å². The van der Waals surface area contributed by atoms with Gasteiger partial charge < -0.3 is 5.11 Å². The van der Waals surface area contributed by atoms with Gasteiger partial charge in [-0.2, -0.15) is 0 Å². The molecule has 1 aliphatic rings. The maximum absolute atomic E-state index is 11.9. The summed E-state index contributed by atoms with van der Waals surface area (Å²) >= 11 is 0. The minimum atomic E-state index is 0.0626. The van der Waals surface area contributed by atoms with E-state index >= 15 is 0 Å². The van der Waals surface area contributed by atoms with E-state index in [1.54, 1.807) is 5.01 Å². The summed E-state index contributed by atoms with van der Waals surface area (Å²) in [7, 11) is 0. The van der Waals surface area contributed by atoms with Crippen molar-refractivity contribution in [1.82, 2.24) is 10.0 Å². The number of aliphatic hydroxyl groups is 1. The molecule has 0 radical (unpaired) electrons. The van der Waals surface area contributed by atoms with E-state index < -0.39 is 0 Å². The minimum Gasteiger partial charge on any atom is -0.395 e. The topological polar surface area (TPSA) is 43.8 Å². The molecule has 1 amide bonds. The Bertz CT molecular complexity index is 380. The largest absolute Gasteiger partial charge is 0.395 e. The van der Waals surface area contributed by atoms with Crippen LogP contribution in [0.15, 0.2) is 30.3 Å². The van der Waals surface area contributed by atoms with E-state index in [2.05, 4.69) is 0 Å². The summed E-state index contributed by atoms with van der Waals surface area (Å²) in [6, 6.07) is 10.0. The molecular weight excluding hydrogens is 216 g/mol. The molecule has 1 N–H and O–H groups in total. The highest BCUT2D eigenvalue weighted by atomic mass is 16.3. The quantitative estimate of drug-likeness (QED) is 0.851. The van der Waals surface area contributed by atoms with Gasteiger partial charge in [0, 0.05) is 19.5 Å².